The van der Waals surface area contributed by atoms with Crippen LogP contribution in [-0.4, -0.2) is 25.7 Å². The van der Waals surface area contributed by atoms with Gasteiger partial charge >= 0.3 is 0 Å². The highest BCUT2D eigenvalue weighted by atomic mass is 32.2. The number of nitrogens with zero attached hydrogens (tertiary/aromatic N) is 2. The molecule has 0 unspecified atom stereocenters. The van der Waals surface area contributed by atoms with E-state index in [9.17, 15) is 17.6 Å². The molecule has 2 heterocycles. The lowest BCUT2D eigenvalue weighted by Gasteiger charge is -2.29. The second kappa shape index (κ2) is 4.92. The molecule has 0 saturated heterocycles. The minimum atomic E-state index is -3.94. The third-order valence-electron chi connectivity index (χ3n) is 3.28. The number of anilines is 1. The van der Waals surface area contributed by atoms with Crippen LogP contribution in [0.4, 0.5) is 10.1 Å². The Morgan fingerprint density at radius 1 is 1.19 bits per heavy atom. The number of para-hydroxylation sites is 1. The Morgan fingerprint density at radius 2 is 1.95 bits per heavy atom. The van der Waals surface area contributed by atoms with Crippen molar-refractivity contribution >= 4 is 21.5 Å². The summed E-state index contributed by atoms with van der Waals surface area (Å²) >= 11 is 0. The molecule has 108 valence electrons. The van der Waals surface area contributed by atoms with Crippen LogP contribution >= 0.6 is 0 Å². The summed E-state index contributed by atoms with van der Waals surface area (Å²) in [5.74, 6) is -0.827. The number of Topliss-reactive ketones (excluding diaryl/α,β-unsaturated/α-hetero) is 1. The highest BCUT2D eigenvalue weighted by molar-refractivity contribution is 7.92. The SMILES string of the molecule is O=C1CCN(S(=O)(=O)c2cncc(F)c2)c2ccccc21. The Balaban J connectivity index is 2.13. The summed E-state index contributed by atoms with van der Waals surface area (Å²) in [6.07, 6.45) is 2.13. The summed E-state index contributed by atoms with van der Waals surface area (Å²) < 4.78 is 39.6. The quantitative estimate of drug-likeness (QED) is 0.851. The van der Waals surface area contributed by atoms with Crippen molar-refractivity contribution in [3.05, 3.63) is 54.1 Å². The van der Waals surface area contributed by atoms with Gasteiger partial charge in [-0.05, 0) is 18.2 Å². The van der Waals surface area contributed by atoms with Gasteiger partial charge in [-0.3, -0.25) is 14.1 Å². The predicted octanol–water partition coefficient (Wildman–Crippen LogP) is 2.00. The number of hydrogen-bond acceptors (Lipinski definition) is 4. The van der Waals surface area contributed by atoms with Crippen molar-refractivity contribution in [1.82, 2.24) is 4.98 Å². The van der Waals surface area contributed by atoms with Crippen LogP contribution in [-0.2, 0) is 10.0 Å². The molecule has 1 aromatic heterocycles. The van der Waals surface area contributed by atoms with E-state index in [-0.39, 0.29) is 23.6 Å². The lowest BCUT2D eigenvalue weighted by molar-refractivity contribution is 0.0982. The van der Waals surface area contributed by atoms with Gasteiger partial charge in [0.25, 0.3) is 10.0 Å². The van der Waals surface area contributed by atoms with Crippen molar-refractivity contribution in [3.8, 4) is 0 Å². The number of ketones is 1. The summed E-state index contributed by atoms with van der Waals surface area (Å²) in [4.78, 5) is 15.2. The van der Waals surface area contributed by atoms with Gasteiger partial charge in [-0.15, -0.1) is 0 Å². The van der Waals surface area contributed by atoms with Gasteiger partial charge in [0.2, 0.25) is 0 Å². The Kier molecular flexibility index (Phi) is 3.21. The van der Waals surface area contributed by atoms with Crippen LogP contribution in [0, 0.1) is 5.82 Å². The fourth-order valence-electron chi connectivity index (χ4n) is 2.30. The molecule has 0 atom stereocenters. The van der Waals surface area contributed by atoms with Gasteiger partial charge in [-0.2, -0.15) is 0 Å². The number of carbonyl (C=O) groups excluding carboxylic acids is 1. The van der Waals surface area contributed by atoms with Gasteiger partial charge in [0, 0.05) is 24.7 Å². The van der Waals surface area contributed by atoms with Crippen LogP contribution in [0.3, 0.4) is 0 Å². The molecule has 0 fully saturated rings. The molecule has 0 aliphatic carbocycles. The van der Waals surface area contributed by atoms with Crippen LogP contribution in [0.1, 0.15) is 16.8 Å². The first-order valence-electron chi connectivity index (χ1n) is 6.25. The summed E-state index contributed by atoms with van der Waals surface area (Å²) in [7, 11) is -3.94. The number of aromatic nitrogens is 1. The maximum absolute atomic E-state index is 13.2. The number of benzene rings is 1. The highest BCUT2D eigenvalue weighted by Crippen LogP contribution is 2.31. The van der Waals surface area contributed by atoms with Gasteiger partial charge in [0.15, 0.2) is 5.78 Å². The smallest absolute Gasteiger partial charge is 0.265 e. The first-order chi connectivity index (χ1) is 10.00. The standard InChI is InChI=1S/C14H11FN2O3S/c15-10-7-11(9-16-8-10)21(19,20)17-6-5-14(18)12-3-1-2-4-13(12)17/h1-4,7-9H,5-6H2. The lowest BCUT2D eigenvalue weighted by atomic mass is 10.0. The zero-order valence-corrected chi connectivity index (χ0v) is 11.7. The molecular weight excluding hydrogens is 295 g/mol. The number of halogens is 1. The Hall–Kier alpha value is -2.28. The molecule has 21 heavy (non-hydrogen) atoms. The summed E-state index contributed by atoms with van der Waals surface area (Å²) in [5.41, 5.74) is 0.676. The molecule has 5 nitrogen and oxygen atoms in total. The number of pyridine rings is 1. The largest absolute Gasteiger partial charge is 0.294 e. The zero-order valence-electron chi connectivity index (χ0n) is 10.9. The highest BCUT2D eigenvalue weighted by Gasteiger charge is 2.32. The van der Waals surface area contributed by atoms with E-state index in [0.717, 1.165) is 22.8 Å². The molecule has 3 rings (SSSR count). The molecular formula is C14H11FN2O3S. The summed E-state index contributed by atoms with van der Waals surface area (Å²) in [6, 6.07) is 7.40. The predicted molar refractivity (Wildman–Crippen MR) is 74.1 cm³/mol. The number of rotatable bonds is 2. The number of hydrogen-bond donors (Lipinski definition) is 0. The minimum absolute atomic E-state index is 0.0364. The second-order valence-corrected chi connectivity index (χ2v) is 6.47. The van der Waals surface area contributed by atoms with Crippen molar-refractivity contribution in [3.63, 3.8) is 0 Å². The first kappa shape index (κ1) is 13.7. The topological polar surface area (TPSA) is 67.3 Å². The van der Waals surface area contributed by atoms with Crippen molar-refractivity contribution in [2.24, 2.45) is 0 Å². The molecule has 1 aliphatic heterocycles. The molecule has 0 spiro atoms. The molecule has 0 amide bonds. The molecule has 7 heteroatoms. The molecule has 0 N–H and O–H groups in total. The molecule has 0 saturated carbocycles. The van der Waals surface area contributed by atoms with Gasteiger partial charge in [-0.1, -0.05) is 12.1 Å². The van der Waals surface area contributed by atoms with Crippen molar-refractivity contribution in [2.75, 3.05) is 10.8 Å². The molecule has 1 aromatic carbocycles. The van der Waals surface area contributed by atoms with Gasteiger partial charge in [-0.25, -0.2) is 12.8 Å². The van der Waals surface area contributed by atoms with Crippen molar-refractivity contribution in [2.45, 2.75) is 11.3 Å². The van der Waals surface area contributed by atoms with Crippen molar-refractivity contribution < 1.29 is 17.6 Å². The molecule has 1 aliphatic rings. The lowest BCUT2D eigenvalue weighted by Crippen LogP contribution is -2.37. The van der Waals surface area contributed by atoms with E-state index in [2.05, 4.69) is 4.98 Å². The Bertz CT molecular complexity index is 820. The van der Waals surface area contributed by atoms with Crippen molar-refractivity contribution in [1.29, 1.82) is 0 Å². The van der Waals surface area contributed by atoms with E-state index in [0.29, 0.717) is 11.3 Å². The average Bonchev–Trinajstić information content (AvgIpc) is 2.47. The number of sulfonamides is 1. The van der Waals surface area contributed by atoms with Crippen LogP contribution in [0.2, 0.25) is 0 Å². The van der Waals surface area contributed by atoms with E-state index < -0.39 is 15.8 Å². The fourth-order valence-corrected chi connectivity index (χ4v) is 3.76. The van der Waals surface area contributed by atoms with Gasteiger partial charge < -0.3 is 0 Å². The first-order valence-corrected chi connectivity index (χ1v) is 7.70. The van der Waals surface area contributed by atoms with Gasteiger partial charge in [0.1, 0.15) is 10.7 Å². The number of carbonyl (C=O) groups is 1. The van der Waals surface area contributed by atoms with Gasteiger partial charge in [0.05, 0.1) is 11.9 Å². The van der Waals surface area contributed by atoms with E-state index in [1.165, 1.54) is 0 Å². The number of fused-ring (bicyclic) bond motifs is 1. The second-order valence-electron chi connectivity index (χ2n) is 4.61. The fraction of sp³-hybridized carbons (Fsp3) is 0.143. The Morgan fingerprint density at radius 3 is 2.71 bits per heavy atom. The van der Waals surface area contributed by atoms with Crippen LogP contribution < -0.4 is 4.31 Å². The normalized spacial score (nSPS) is 14.9. The minimum Gasteiger partial charge on any atom is -0.294 e. The average molecular weight is 306 g/mol. The van der Waals surface area contributed by atoms with Crippen LogP contribution in [0.15, 0.2) is 47.6 Å². The maximum Gasteiger partial charge on any atom is 0.265 e. The third kappa shape index (κ3) is 2.29. The molecule has 2 aromatic rings. The summed E-state index contributed by atoms with van der Waals surface area (Å²) in [5, 5.41) is 0. The van der Waals surface area contributed by atoms with E-state index in [1.807, 2.05) is 0 Å². The molecule has 0 radical (unpaired) electrons. The van der Waals surface area contributed by atoms with E-state index >= 15 is 0 Å². The monoisotopic (exact) mass is 306 g/mol. The van der Waals surface area contributed by atoms with Crippen LogP contribution in [0.25, 0.3) is 0 Å². The van der Waals surface area contributed by atoms with E-state index in [1.54, 1.807) is 24.3 Å². The van der Waals surface area contributed by atoms with E-state index in [4.69, 9.17) is 0 Å². The summed E-state index contributed by atoms with van der Waals surface area (Å²) in [6.45, 7) is 0.0364. The zero-order chi connectivity index (χ0) is 15.0. The van der Waals surface area contributed by atoms with Crippen LogP contribution in [0.5, 0.6) is 0 Å². The third-order valence-corrected chi connectivity index (χ3v) is 5.06. The molecule has 0 bridgehead atoms. The Labute approximate surface area is 121 Å². The maximum atomic E-state index is 13.2.